The third-order valence-corrected chi connectivity index (χ3v) is 5.73. The second-order valence-corrected chi connectivity index (χ2v) is 8.51. The zero-order chi connectivity index (χ0) is 24.3. The fraction of sp³-hybridized carbons (Fsp3) is 0.364. The normalized spacial score (nSPS) is 16.1. The predicted octanol–water partition coefficient (Wildman–Crippen LogP) is 1.89. The van der Waals surface area contributed by atoms with Gasteiger partial charge in [-0.15, -0.1) is 0 Å². The highest BCUT2D eigenvalue weighted by Gasteiger charge is 2.32. The van der Waals surface area contributed by atoms with Crippen LogP contribution >= 0.6 is 11.6 Å². The Morgan fingerprint density at radius 2 is 2.12 bits per heavy atom. The number of imidazole rings is 1. The van der Waals surface area contributed by atoms with Gasteiger partial charge in [0.05, 0.1) is 0 Å². The monoisotopic (exact) mass is 489 g/mol. The number of aromatic nitrogens is 4. The number of nitrogens with zero attached hydrogens (tertiary/aromatic N) is 4. The number of aryl methyl sites for hydroxylation is 1. The second-order valence-electron chi connectivity index (χ2n) is 8.07. The summed E-state index contributed by atoms with van der Waals surface area (Å²) in [4.78, 5) is 25.9. The summed E-state index contributed by atoms with van der Waals surface area (Å²) in [5.41, 5.74) is 4.44. The van der Waals surface area contributed by atoms with Crippen LogP contribution in [-0.4, -0.2) is 56.3 Å². The Kier molecular flexibility index (Phi) is 7.08. The van der Waals surface area contributed by atoms with Crippen LogP contribution in [0.2, 0.25) is 5.02 Å². The van der Waals surface area contributed by atoms with Gasteiger partial charge in [-0.25, -0.2) is 14.4 Å². The molecule has 0 aliphatic carbocycles. The molecule has 1 atom stereocenters. The molecule has 1 saturated heterocycles. The molecule has 34 heavy (non-hydrogen) atoms. The molecular weight excluding hydrogens is 465 g/mol. The Hall–Kier alpha value is -3.12. The smallest absolute Gasteiger partial charge is 0.273 e. The molecule has 1 aromatic carbocycles. The summed E-state index contributed by atoms with van der Waals surface area (Å²) in [6.45, 7) is 2.81. The molecule has 1 unspecified atom stereocenters. The van der Waals surface area contributed by atoms with Crippen LogP contribution in [0.25, 0.3) is 5.82 Å². The number of benzene rings is 1. The summed E-state index contributed by atoms with van der Waals surface area (Å²) >= 11 is 5.88. The second kappa shape index (κ2) is 10.0. The molecule has 1 aliphatic heterocycles. The highest BCUT2D eigenvalue weighted by molar-refractivity contribution is 6.30. The number of hydrogen-bond donors (Lipinski definition) is 4. The molecule has 1 amide bonds. The van der Waals surface area contributed by atoms with E-state index in [0.717, 1.165) is 30.5 Å². The van der Waals surface area contributed by atoms with Crippen molar-refractivity contribution < 1.29 is 19.0 Å². The first-order valence-corrected chi connectivity index (χ1v) is 11.1. The van der Waals surface area contributed by atoms with E-state index in [-0.39, 0.29) is 22.3 Å². The van der Waals surface area contributed by atoms with E-state index in [1.807, 2.05) is 6.92 Å². The van der Waals surface area contributed by atoms with Crippen LogP contribution in [0.4, 0.5) is 10.3 Å². The first kappa shape index (κ1) is 24.0. The average molecular weight is 490 g/mol. The number of anilines is 1. The number of aliphatic hydroxyl groups is 1. The zero-order valence-electron chi connectivity index (χ0n) is 18.5. The number of halogens is 2. The van der Waals surface area contributed by atoms with Crippen LogP contribution in [0, 0.1) is 12.7 Å². The number of ether oxygens (including phenoxy) is 1. The molecular formula is C22H25ClFN7O3. The van der Waals surface area contributed by atoms with Gasteiger partial charge < -0.3 is 26.2 Å². The summed E-state index contributed by atoms with van der Waals surface area (Å²) in [6, 6.07) is 3.68. The van der Waals surface area contributed by atoms with Gasteiger partial charge in [0.15, 0.2) is 5.72 Å². The molecule has 4 rings (SSSR count). The molecule has 5 N–H and O–H groups in total. The maximum absolute atomic E-state index is 13.8. The summed E-state index contributed by atoms with van der Waals surface area (Å²) in [6.07, 6.45) is 6.32. The molecule has 0 saturated carbocycles. The fourth-order valence-electron chi connectivity index (χ4n) is 3.63. The predicted molar refractivity (Wildman–Crippen MR) is 123 cm³/mol. The molecule has 3 aromatic rings. The minimum absolute atomic E-state index is 0.00586. The molecule has 0 bridgehead atoms. The average Bonchev–Trinajstić information content (AvgIpc) is 3.30. The van der Waals surface area contributed by atoms with E-state index in [1.54, 1.807) is 10.8 Å². The number of rotatable bonds is 7. The van der Waals surface area contributed by atoms with E-state index in [9.17, 15) is 14.3 Å². The number of nitrogens with one attached hydrogen (secondary N) is 2. The molecule has 10 nitrogen and oxygen atoms in total. The van der Waals surface area contributed by atoms with Crippen LogP contribution in [0.5, 0.6) is 0 Å². The molecule has 180 valence electrons. The van der Waals surface area contributed by atoms with Gasteiger partial charge in [-0.3, -0.25) is 9.36 Å². The van der Waals surface area contributed by atoms with Gasteiger partial charge in [0.1, 0.15) is 23.7 Å². The Morgan fingerprint density at radius 3 is 2.82 bits per heavy atom. The van der Waals surface area contributed by atoms with Crippen molar-refractivity contribution in [3.05, 3.63) is 64.6 Å². The largest absolute Gasteiger partial charge is 0.381 e. The molecule has 3 heterocycles. The lowest BCUT2D eigenvalue weighted by Gasteiger charge is -2.28. The first-order chi connectivity index (χ1) is 16.3. The summed E-state index contributed by atoms with van der Waals surface area (Å²) in [7, 11) is 0. The van der Waals surface area contributed by atoms with Crippen molar-refractivity contribution in [3.63, 3.8) is 0 Å². The SMILES string of the molecule is Cc1cnc(NC2CCOCC2)nc1-n1cnc(C(=O)NC(O)(CN)c2cc(F)cc(Cl)c2)c1. The molecule has 1 fully saturated rings. The molecule has 0 radical (unpaired) electrons. The quantitative estimate of drug-likeness (QED) is 0.369. The van der Waals surface area contributed by atoms with Gasteiger partial charge in [0, 0.05) is 54.3 Å². The van der Waals surface area contributed by atoms with Crippen molar-refractivity contribution >= 4 is 23.5 Å². The highest BCUT2D eigenvalue weighted by Crippen LogP contribution is 2.23. The van der Waals surface area contributed by atoms with E-state index in [2.05, 4.69) is 25.6 Å². The lowest BCUT2D eigenvalue weighted by atomic mass is 10.0. The van der Waals surface area contributed by atoms with Gasteiger partial charge in [0.25, 0.3) is 5.91 Å². The van der Waals surface area contributed by atoms with E-state index in [0.29, 0.717) is 25.0 Å². The van der Waals surface area contributed by atoms with Gasteiger partial charge in [0.2, 0.25) is 5.95 Å². The van der Waals surface area contributed by atoms with Crippen LogP contribution in [0.15, 0.2) is 36.9 Å². The van der Waals surface area contributed by atoms with E-state index in [4.69, 9.17) is 22.1 Å². The number of nitrogens with two attached hydrogens (primary N) is 1. The third-order valence-electron chi connectivity index (χ3n) is 5.52. The topological polar surface area (TPSA) is 140 Å². The van der Waals surface area contributed by atoms with Crippen molar-refractivity contribution in [1.29, 1.82) is 0 Å². The van der Waals surface area contributed by atoms with Crippen LogP contribution in [-0.2, 0) is 10.5 Å². The van der Waals surface area contributed by atoms with Crippen molar-refractivity contribution in [3.8, 4) is 5.82 Å². The van der Waals surface area contributed by atoms with E-state index < -0.39 is 24.0 Å². The number of carbonyl (C=O) groups is 1. The van der Waals surface area contributed by atoms with Crippen LogP contribution in [0.3, 0.4) is 0 Å². The Balaban J connectivity index is 1.53. The standard InChI is InChI=1S/C22H25ClFN7O3/c1-13-9-26-21(28-17-2-4-34-5-3-17)29-19(13)31-10-18(27-12-31)20(32)30-22(33,11-25)14-6-15(23)8-16(24)7-14/h6-10,12,17,33H,2-5,11,25H2,1H3,(H,30,32)(H,26,28,29). The first-order valence-electron chi connectivity index (χ1n) is 10.7. The maximum atomic E-state index is 13.8. The van der Waals surface area contributed by atoms with Gasteiger partial charge in [-0.05, 0) is 38.0 Å². The summed E-state index contributed by atoms with van der Waals surface area (Å²) in [5.74, 6) is -0.369. The number of carbonyl (C=O) groups excluding carboxylic acids is 1. The zero-order valence-corrected chi connectivity index (χ0v) is 19.2. The van der Waals surface area contributed by atoms with Gasteiger partial charge >= 0.3 is 0 Å². The molecule has 2 aromatic heterocycles. The summed E-state index contributed by atoms with van der Waals surface area (Å²) < 4.78 is 20.7. The lowest BCUT2D eigenvalue weighted by molar-refractivity contribution is 0.0106. The minimum Gasteiger partial charge on any atom is -0.381 e. The lowest BCUT2D eigenvalue weighted by Crippen LogP contribution is -2.51. The summed E-state index contributed by atoms with van der Waals surface area (Å²) in [5, 5.41) is 16.7. The molecule has 12 heteroatoms. The molecule has 0 spiro atoms. The number of amides is 1. The van der Waals surface area contributed by atoms with Crippen LogP contribution < -0.4 is 16.4 Å². The Bertz CT molecular complexity index is 1160. The Labute approximate surface area is 200 Å². The maximum Gasteiger partial charge on any atom is 0.273 e. The minimum atomic E-state index is -2.04. The third kappa shape index (κ3) is 5.33. The van der Waals surface area contributed by atoms with Crippen molar-refractivity contribution in [1.82, 2.24) is 24.8 Å². The van der Waals surface area contributed by atoms with E-state index >= 15 is 0 Å². The highest BCUT2D eigenvalue weighted by atomic mass is 35.5. The van der Waals surface area contributed by atoms with Gasteiger partial charge in [-0.2, -0.15) is 4.98 Å². The van der Waals surface area contributed by atoms with Crippen molar-refractivity contribution in [2.45, 2.75) is 31.5 Å². The fourth-order valence-corrected chi connectivity index (χ4v) is 3.85. The number of hydrogen-bond acceptors (Lipinski definition) is 8. The van der Waals surface area contributed by atoms with Gasteiger partial charge in [-0.1, -0.05) is 11.6 Å². The van der Waals surface area contributed by atoms with Crippen molar-refractivity contribution in [2.75, 3.05) is 25.1 Å². The Morgan fingerprint density at radius 1 is 1.35 bits per heavy atom. The van der Waals surface area contributed by atoms with E-state index in [1.165, 1.54) is 18.6 Å². The van der Waals surface area contributed by atoms with Crippen LogP contribution in [0.1, 0.15) is 34.5 Å². The molecule has 1 aliphatic rings. The van der Waals surface area contributed by atoms with Crippen molar-refractivity contribution in [2.24, 2.45) is 5.73 Å².